The number of fused-ring (bicyclic) bond motifs is 1. The van der Waals surface area contributed by atoms with Crippen molar-refractivity contribution < 1.29 is 14.3 Å². The maximum absolute atomic E-state index is 11.5. The molecule has 0 spiro atoms. The molecule has 2 rings (SSSR count). The van der Waals surface area contributed by atoms with Gasteiger partial charge in [-0.3, -0.25) is 14.2 Å². The molecule has 0 unspecified atom stereocenters. The Kier molecular flexibility index (Phi) is 2.71. The first kappa shape index (κ1) is 11.4. The summed E-state index contributed by atoms with van der Waals surface area (Å²) in [6.07, 6.45) is 1.58. The second kappa shape index (κ2) is 4.05. The van der Waals surface area contributed by atoms with Crippen molar-refractivity contribution in [3.8, 4) is 5.75 Å². The maximum Gasteiger partial charge on any atom is 0.227 e. The molecule has 1 aromatic carbocycles. The zero-order valence-corrected chi connectivity index (χ0v) is 9.98. The lowest BCUT2D eigenvalue weighted by molar-refractivity contribution is 0.0941. The van der Waals surface area contributed by atoms with E-state index in [0.29, 0.717) is 11.3 Å². The zero-order chi connectivity index (χ0) is 12.6. The number of benzene rings is 1. The summed E-state index contributed by atoms with van der Waals surface area (Å²) in [6, 6.07) is 5.32. The van der Waals surface area contributed by atoms with Gasteiger partial charge in [0.2, 0.25) is 5.91 Å². The van der Waals surface area contributed by atoms with Crippen molar-refractivity contribution in [3.05, 3.63) is 30.0 Å². The zero-order valence-electron chi connectivity index (χ0n) is 9.98. The topological polar surface area (TPSA) is 48.3 Å². The Morgan fingerprint density at radius 1 is 1.24 bits per heavy atom. The van der Waals surface area contributed by atoms with Crippen LogP contribution in [-0.4, -0.2) is 23.4 Å². The quantitative estimate of drug-likeness (QED) is 0.746. The van der Waals surface area contributed by atoms with Gasteiger partial charge in [0.1, 0.15) is 5.75 Å². The molecule has 0 saturated carbocycles. The number of hydrogen-bond acceptors (Lipinski definition) is 3. The van der Waals surface area contributed by atoms with E-state index in [4.69, 9.17) is 4.74 Å². The summed E-state index contributed by atoms with van der Waals surface area (Å²) in [6.45, 7) is 2.95. The standard InChI is InChI=1S/C13H13NO3/c1-8(15)12-7-14(9(2)16)13-5-4-10(17-3)6-11(12)13/h4-7H,1-3H3. The molecule has 0 aliphatic carbocycles. The molecule has 0 atom stereocenters. The number of carbonyl (C=O) groups is 2. The van der Waals surface area contributed by atoms with Crippen LogP contribution in [0, 0.1) is 0 Å². The summed E-state index contributed by atoms with van der Waals surface area (Å²) in [5.74, 6) is 0.484. The fourth-order valence-corrected chi connectivity index (χ4v) is 1.88. The lowest BCUT2D eigenvalue weighted by atomic mass is 10.1. The normalized spacial score (nSPS) is 10.5. The number of Topliss-reactive ketones (excluding diaryl/α,β-unsaturated/α-hetero) is 1. The maximum atomic E-state index is 11.5. The Hall–Kier alpha value is -2.10. The van der Waals surface area contributed by atoms with Gasteiger partial charge in [0.25, 0.3) is 0 Å². The van der Waals surface area contributed by atoms with Crippen molar-refractivity contribution in [3.63, 3.8) is 0 Å². The molecule has 1 heterocycles. The van der Waals surface area contributed by atoms with Gasteiger partial charge in [-0.05, 0) is 25.1 Å². The highest BCUT2D eigenvalue weighted by Crippen LogP contribution is 2.26. The Morgan fingerprint density at radius 2 is 1.94 bits per heavy atom. The number of nitrogens with zero attached hydrogens (tertiary/aromatic N) is 1. The number of carbonyl (C=O) groups excluding carboxylic acids is 2. The number of ether oxygens (including phenoxy) is 1. The van der Waals surface area contributed by atoms with E-state index in [1.165, 1.54) is 18.4 Å². The van der Waals surface area contributed by atoms with E-state index in [1.807, 2.05) is 0 Å². The summed E-state index contributed by atoms with van der Waals surface area (Å²) in [5, 5.41) is 0.743. The van der Waals surface area contributed by atoms with E-state index in [0.717, 1.165) is 10.9 Å². The molecule has 0 saturated heterocycles. The Balaban J connectivity index is 2.81. The monoisotopic (exact) mass is 231 g/mol. The lowest BCUT2D eigenvalue weighted by Gasteiger charge is -2.01. The largest absolute Gasteiger partial charge is 0.497 e. The lowest BCUT2D eigenvalue weighted by Crippen LogP contribution is -2.03. The van der Waals surface area contributed by atoms with Gasteiger partial charge in [0.05, 0.1) is 12.6 Å². The Morgan fingerprint density at radius 3 is 2.47 bits per heavy atom. The molecular formula is C13H13NO3. The molecule has 1 aromatic heterocycles. The molecule has 0 aliphatic heterocycles. The average molecular weight is 231 g/mol. The molecule has 88 valence electrons. The van der Waals surface area contributed by atoms with Crippen LogP contribution < -0.4 is 4.74 Å². The molecule has 0 N–H and O–H groups in total. The summed E-state index contributed by atoms with van der Waals surface area (Å²) in [5.41, 5.74) is 1.26. The predicted octanol–water partition coefficient (Wildman–Crippen LogP) is 2.51. The van der Waals surface area contributed by atoms with Gasteiger partial charge in [-0.2, -0.15) is 0 Å². The molecule has 4 nitrogen and oxygen atoms in total. The molecule has 4 heteroatoms. The van der Waals surface area contributed by atoms with Gasteiger partial charge >= 0.3 is 0 Å². The van der Waals surface area contributed by atoms with Crippen molar-refractivity contribution >= 4 is 22.6 Å². The SMILES string of the molecule is COc1ccc2c(c1)c(C(C)=O)cn2C(C)=O. The number of aromatic nitrogens is 1. The van der Waals surface area contributed by atoms with Crippen molar-refractivity contribution in [2.45, 2.75) is 13.8 Å². The Labute approximate surface area is 98.8 Å². The highest BCUT2D eigenvalue weighted by atomic mass is 16.5. The first-order valence-corrected chi connectivity index (χ1v) is 5.25. The summed E-state index contributed by atoms with van der Waals surface area (Å²) < 4.78 is 6.60. The second-order valence-corrected chi connectivity index (χ2v) is 3.87. The third-order valence-corrected chi connectivity index (χ3v) is 2.73. The van der Waals surface area contributed by atoms with Crippen LogP contribution in [0.1, 0.15) is 29.0 Å². The Bertz CT molecular complexity index is 610. The van der Waals surface area contributed by atoms with Gasteiger partial charge in [-0.1, -0.05) is 0 Å². The first-order valence-electron chi connectivity index (χ1n) is 5.25. The first-order chi connectivity index (χ1) is 8.04. The van der Waals surface area contributed by atoms with E-state index >= 15 is 0 Å². The van der Waals surface area contributed by atoms with Gasteiger partial charge in [-0.15, -0.1) is 0 Å². The molecule has 0 fully saturated rings. The highest BCUT2D eigenvalue weighted by Gasteiger charge is 2.14. The fourth-order valence-electron chi connectivity index (χ4n) is 1.88. The van der Waals surface area contributed by atoms with Crippen molar-refractivity contribution in [1.29, 1.82) is 0 Å². The number of rotatable bonds is 2. The van der Waals surface area contributed by atoms with Crippen LogP contribution in [0.15, 0.2) is 24.4 Å². The van der Waals surface area contributed by atoms with E-state index in [9.17, 15) is 9.59 Å². The van der Waals surface area contributed by atoms with E-state index < -0.39 is 0 Å². The average Bonchev–Trinajstić information content (AvgIpc) is 2.67. The van der Waals surface area contributed by atoms with Gasteiger partial charge in [-0.25, -0.2) is 0 Å². The van der Waals surface area contributed by atoms with E-state index in [2.05, 4.69) is 0 Å². The van der Waals surface area contributed by atoms with Crippen LogP contribution in [0.5, 0.6) is 5.75 Å². The highest BCUT2D eigenvalue weighted by molar-refractivity contribution is 6.09. The van der Waals surface area contributed by atoms with Crippen LogP contribution in [0.2, 0.25) is 0 Å². The van der Waals surface area contributed by atoms with Crippen LogP contribution in [0.4, 0.5) is 0 Å². The second-order valence-electron chi connectivity index (χ2n) is 3.87. The summed E-state index contributed by atoms with van der Waals surface area (Å²) in [7, 11) is 1.57. The molecule has 2 aromatic rings. The van der Waals surface area contributed by atoms with Crippen LogP contribution in [0.3, 0.4) is 0 Å². The van der Waals surface area contributed by atoms with Crippen LogP contribution in [-0.2, 0) is 0 Å². The minimum atomic E-state index is -0.118. The molecule has 0 amide bonds. The summed E-state index contributed by atoms with van der Waals surface area (Å²) in [4.78, 5) is 23.0. The molecule has 0 bridgehead atoms. The fraction of sp³-hybridized carbons (Fsp3) is 0.231. The number of ketones is 1. The van der Waals surface area contributed by atoms with Crippen molar-refractivity contribution in [2.24, 2.45) is 0 Å². The molecule has 17 heavy (non-hydrogen) atoms. The minimum Gasteiger partial charge on any atom is -0.497 e. The minimum absolute atomic E-state index is 0.0664. The van der Waals surface area contributed by atoms with Gasteiger partial charge in [0.15, 0.2) is 5.78 Å². The van der Waals surface area contributed by atoms with Crippen molar-refractivity contribution in [2.75, 3.05) is 7.11 Å². The smallest absolute Gasteiger partial charge is 0.227 e. The van der Waals surface area contributed by atoms with E-state index in [1.54, 1.807) is 31.5 Å². The number of hydrogen-bond donors (Lipinski definition) is 0. The predicted molar refractivity (Wildman–Crippen MR) is 64.8 cm³/mol. The van der Waals surface area contributed by atoms with Crippen LogP contribution >= 0.6 is 0 Å². The number of methoxy groups -OCH3 is 1. The van der Waals surface area contributed by atoms with Crippen LogP contribution in [0.25, 0.3) is 10.9 Å². The van der Waals surface area contributed by atoms with Gasteiger partial charge in [0, 0.05) is 24.1 Å². The molecule has 0 radical (unpaired) electrons. The third kappa shape index (κ3) is 1.82. The molecular weight excluding hydrogens is 218 g/mol. The van der Waals surface area contributed by atoms with Crippen molar-refractivity contribution in [1.82, 2.24) is 4.57 Å². The summed E-state index contributed by atoms with van der Waals surface area (Å²) >= 11 is 0. The molecule has 0 aliphatic rings. The van der Waals surface area contributed by atoms with E-state index in [-0.39, 0.29) is 11.7 Å². The van der Waals surface area contributed by atoms with Gasteiger partial charge < -0.3 is 4.74 Å². The third-order valence-electron chi connectivity index (χ3n) is 2.73.